The Hall–Kier alpha value is -6.82. The number of thiophene rings is 1. The quantitative estimate of drug-likeness (QED) is 0.174. The van der Waals surface area contributed by atoms with Crippen molar-refractivity contribution in [3.63, 3.8) is 0 Å². The summed E-state index contributed by atoms with van der Waals surface area (Å²) >= 11 is 1.84. The van der Waals surface area contributed by atoms with Gasteiger partial charge in [-0.2, -0.15) is 0 Å². The summed E-state index contributed by atoms with van der Waals surface area (Å²) in [6.07, 6.45) is 0. The van der Waals surface area contributed by atoms with E-state index in [2.05, 4.69) is 121 Å². The Morgan fingerprint density at radius 1 is 0.358 bits per heavy atom. The van der Waals surface area contributed by atoms with Crippen molar-refractivity contribution in [2.75, 3.05) is 0 Å². The maximum atomic E-state index is 5.35. The van der Waals surface area contributed by atoms with Gasteiger partial charge in [-0.25, -0.2) is 19.9 Å². The van der Waals surface area contributed by atoms with Gasteiger partial charge in [0.05, 0.1) is 11.2 Å². The maximum Gasteiger partial charge on any atom is 0.164 e. The topological polar surface area (TPSA) is 51.6 Å². The molecule has 4 nitrogen and oxygen atoms in total. The van der Waals surface area contributed by atoms with Crippen LogP contribution in [0.25, 0.3) is 98.7 Å². The SMILES string of the molecule is c1ccc(-c2nc(-c3ccccc3)nc(-c3ccc(-c4sc5c(c(-c6ccccc6)nc6ccccc65)c4-c4cccc5ccccc45)cc3)n2)cc1. The van der Waals surface area contributed by atoms with Crippen LogP contribution in [-0.2, 0) is 0 Å². The average Bonchev–Trinajstić information content (AvgIpc) is 3.65. The molecule has 0 N–H and O–H groups in total. The lowest BCUT2D eigenvalue weighted by Gasteiger charge is -2.13. The highest BCUT2D eigenvalue weighted by Gasteiger charge is 2.24. The highest BCUT2D eigenvalue weighted by molar-refractivity contribution is 7.24. The van der Waals surface area contributed by atoms with Crippen LogP contribution in [0.15, 0.2) is 182 Å². The van der Waals surface area contributed by atoms with Gasteiger partial charge in [-0.1, -0.05) is 176 Å². The normalized spacial score (nSPS) is 11.4. The monoisotopic (exact) mass is 694 g/mol. The molecule has 0 unspecified atom stereocenters. The molecule has 10 aromatic rings. The number of rotatable bonds is 6. The number of benzene rings is 7. The molecule has 0 amide bonds. The summed E-state index contributed by atoms with van der Waals surface area (Å²) in [5.74, 6) is 1.93. The van der Waals surface area contributed by atoms with Gasteiger partial charge in [-0.05, 0) is 28.0 Å². The summed E-state index contributed by atoms with van der Waals surface area (Å²) in [6.45, 7) is 0. The summed E-state index contributed by atoms with van der Waals surface area (Å²) in [4.78, 5) is 21.4. The third-order valence-electron chi connectivity index (χ3n) is 9.74. The third-order valence-corrected chi connectivity index (χ3v) is 11.0. The van der Waals surface area contributed by atoms with E-state index in [4.69, 9.17) is 19.9 Å². The highest BCUT2D eigenvalue weighted by atomic mass is 32.1. The molecular formula is C48H30N4S. The van der Waals surface area contributed by atoms with E-state index in [9.17, 15) is 0 Å². The molecule has 3 aromatic heterocycles. The van der Waals surface area contributed by atoms with Crippen molar-refractivity contribution >= 4 is 43.1 Å². The molecule has 0 saturated carbocycles. The number of aromatic nitrogens is 4. The van der Waals surface area contributed by atoms with Crippen LogP contribution in [0.5, 0.6) is 0 Å². The lowest BCUT2D eigenvalue weighted by Crippen LogP contribution is -2.00. The largest absolute Gasteiger partial charge is 0.247 e. The number of hydrogen-bond donors (Lipinski definition) is 0. The predicted molar refractivity (Wildman–Crippen MR) is 221 cm³/mol. The first-order chi connectivity index (χ1) is 26.3. The van der Waals surface area contributed by atoms with E-state index in [0.717, 1.165) is 44.4 Å². The second kappa shape index (κ2) is 13.1. The summed E-state index contributed by atoms with van der Waals surface area (Å²) in [5, 5.41) is 4.75. The Labute approximate surface area is 310 Å². The van der Waals surface area contributed by atoms with Crippen LogP contribution < -0.4 is 0 Å². The highest BCUT2D eigenvalue weighted by Crippen LogP contribution is 2.51. The van der Waals surface area contributed by atoms with Crippen LogP contribution in [0, 0.1) is 0 Å². The van der Waals surface area contributed by atoms with E-state index < -0.39 is 0 Å². The average molecular weight is 695 g/mol. The zero-order valence-corrected chi connectivity index (χ0v) is 29.3. The van der Waals surface area contributed by atoms with Crippen molar-refractivity contribution in [3.05, 3.63) is 182 Å². The molecule has 0 radical (unpaired) electrons. The molecule has 0 fully saturated rings. The molecule has 0 aliphatic rings. The van der Waals surface area contributed by atoms with Gasteiger partial charge in [-0.15, -0.1) is 11.3 Å². The van der Waals surface area contributed by atoms with Crippen LogP contribution in [0.1, 0.15) is 0 Å². The van der Waals surface area contributed by atoms with Crippen molar-refractivity contribution in [2.24, 2.45) is 0 Å². The van der Waals surface area contributed by atoms with E-state index in [0.29, 0.717) is 17.5 Å². The Morgan fingerprint density at radius 3 is 1.49 bits per heavy atom. The number of fused-ring (bicyclic) bond motifs is 4. The summed E-state index contributed by atoms with van der Waals surface area (Å²) in [6, 6.07) is 63.2. The fraction of sp³-hybridized carbons (Fsp3) is 0. The summed E-state index contributed by atoms with van der Waals surface area (Å²) in [7, 11) is 0. The fourth-order valence-electron chi connectivity index (χ4n) is 7.20. The molecule has 248 valence electrons. The minimum Gasteiger partial charge on any atom is -0.247 e. The third kappa shape index (κ3) is 5.55. The molecule has 53 heavy (non-hydrogen) atoms. The van der Waals surface area contributed by atoms with Crippen molar-refractivity contribution in [1.29, 1.82) is 0 Å². The van der Waals surface area contributed by atoms with Crippen molar-refractivity contribution < 1.29 is 0 Å². The minimum atomic E-state index is 0.636. The van der Waals surface area contributed by atoms with Crippen molar-refractivity contribution in [1.82, 2.24) is 19.9 Å². The number of para-hydroxylation sites is 1. The van der Waals surface area contributed by atoms with E-state index in [1.165, 1.54) is 36.9 Å². The minimum absolute atomic E-state index is 0.636. The van der Waals surface area contributed by atoms with Crippen LogP contribution in [0.4, 0.5) is 0 Å². The van der Waals surface area contributed by atoms with Gasteiger partial charge in [0.2, 0.25) is 0 Å². The van der Waals surface area contributed by atoms with Gasteiger partial charge in [0.15, 0.2) is 17.5 Å². The second-order valence-corrected chi connectivity index (χ2v) is 14.0. The van der Waals surface area contributed by atoms with Gasteiger partial charge in [0.25, 0.3) is 0 Å². The number of nitrogens with zero attached hydrogens (tertiary/aromatic N) is 4. The zero-order valence-electron chi connectivity index (χ0n) is 28.5. The standard InChI is InChI=1S/C48H30N4S/c1-4-16-32(17-5-1)43-42-41(38-25-14-22-31-15-10-11-23-37(31)38)44(53-45(42)39-24-12-13-26-40(39)49-43)33-27-29-36(30-28-33)48-51-46(34-18-6-2-7-19-34)50-47(52-48)35-20-8-3-9-21-35/h1-30H. The number of pyridine rings is 1. The van der Waals surface area contributed by atoms with Gasteiger partial charge in [-0.3, -0.25) is 0 Å². The smallest absolute Gasteiger partial charge is 0.164 e. The molecular weight excluding hydrogens is 665 g/mol. The van der Waals surface area contributed by atoms with Crippen molar-refractivity contribution in [2.45, 2.75) is 0 Å². The molecule has 0 bridgehead atoms. The summed E-state index contributed by atoms with van der Waals surface area (Å²) < 4.78 is 1.23. The summed E-state index contributed by atoms with van der Waals surface area (Å²) in [5.41, 5.74) is 9.43. The lowest BCUT2D eigenvalue weighted by atomic mass is 9.91. The van der Waals surface area contributed by atoms with Crippen molar-refractivity contribution in [3.8, 4) is 67.0 Å². The van der Waals surface area contributed by atoms with Gasteiger partial charge < -0.3 is 0 Å². The van der Waals surface area contributed by atoms with Gasteiger partial charge >= 0.3 is 0 Å². The van der Waals surface area contributed by atoms with Crippen LogP contribution >= 0.6 is 11.3 Å². The van der Waals surface area contributed by atoms with Crippen LogP contribution in [-0.4, -0.2) is 19.9 Å². The molecule has 0 spiro atoms. The molecule has 0 aliphatic carbocycles. The first kappa shape index (κ1) is 31.0. The lowest BCUT2D eigenvalue weighted by molar-refractivity contribution is 1.07. The van der Waals surface area contributed by atoms with Gasteiger partial charge in [0, 0.05) is 48.2 Å². The second-order valence-electron chi connectivity index (χ2n) is 13.0. The first-order valence-corrected chi connectivity index (χ1v) is 18.5. The molecule has 10 rings (SSSR count). The Bertz CT molecular complexity index is 2860. The molecule has 0 saturated heterocycles. The van der Waals surface area contributed by atoms with E-state index >= 15 is 0 Å². The first-order valence-electron chi connectivity index (χ1n) is 17.6. The zero-order chi connectivity index (χ0) is 35.1. The Morgan fingerprint density at radius 2 is 0.849 bits per heavy atom. The molecule has 5 heteroatoms. The Balaban J connectivity index is 1.21. The maximum absolute atomic E-state index is 5.35. The van der Waals surface area contributed by atoms with E-state index in [1.54, 1.807) is 0 Å². The van der Waals surface area contributed by atoms with Crippen LogP contribution in [0.2, 0.25) is 0 Å². The number of hydrogen-bond acceptors (Lipinski definition) is 5. The van der Waals surface area contributed by atoms with Crippen LogP contribution in [0.3, 0.4) is 0 Å². The van der Waals surface area contributed by atoms with E-state index in [1.807, 2.05) is 72.0 Å². The molecule has 0 atom stereocenters. The molecule has 0 aliphatic heterocycles. The Kier molecular flexibility index (Phi) is 7.63. The van der Waals surface area contributed by atoms with Gasteiger partial charge in [0.1, 0.15) is 0 Å². The fourth-order valence-corrected chi connectivity index (χ4v) is 8.56. The predicted octanol–water partition coefficient (Wildman–Crippen LogP) is 12.8. The molecule has 3 heterocycles. The molecule has 7 aromatic carbocycles. The van der Waals surface area contributed by atoms with E-state index in [-0.39, 0.29) is 0 Å².